The standard InChI is InChI=1S/C39H48N4O4/c1-8-10-11-15-28-16-12-13-19-31(28)29-17-14-18-30(25-29)32-26-33-40-27(3)34(35(37(44)45)47-38(4,5)6)36(43(33)41-32)42-22-20-39(7,21-23-42)46-24-9-2/h8-9,12-14,16-19,25-26,35H,1-2,10-11,15,20-24H2,3-7H3,(H,44,45). The van der Waals surface area contributed by atoms with Crippen LogP contribution in [0.4, 0.5) is 5.82 Å². The molecule has 1 unspecified atom stereocenters. The lowest BCUT2D eigenvalue weighted by Crippen LogP contribution is -2.45. The van der Waals surface area contributed by atoms with Crippen molar-refractivity contribution in [2.45, 2.75) is 84.0 Å². The molecule has 47 heavy (non-hydrogen) atoms. The lowest BCUT2D eigenvalue weighted by molar-refractivity contribution is -0.160. The van der Waals surface area contributed by atoms with E-state index < -0.39 is 17.7 Å². The van der Waals surface area contributed by atoms with E-state index in [1.807, 2.05) is 44.4 Å². The van der Waals surface area contributed by atoms with E-state index >= 15 is 0 Å². The Morgan fingerprint density at radius 2 is 1.79 bits per heavy atom. The minimum absolute atomic E-state index is 0.294. The number of anilines is 1. The molecule has 1 atom stereocenters. The van der Waals surface area contributed by atoms with Crippen molar-refractivity contribution in [2.24, 2.45) is 0 Å². The van der Waals surface area contributed by atoms with Gasteiger partial charge in [-0.2, -0.15) is 9.61 Å². The number of unbranched alkanes of at least 4 members (excludes halogenated alkanes) is 1. The summed E-state index contributed by atoms with van der Waals surface area (Å²) in [6.07, 6.45) is 7.06. The molecule has 0 bridgehead atoms. The Kier molecular flexibility index (Phi) is 10.3. The highest BCUT2D eigenvalue weighted by atomic mass is 16.5. The summed E-state index contributed by atoms with van der Waals surface area (Å²) >= 11 is 0. The third-order valence-corrected chi connectivity index (χ3v) is 8.77. The summed E-state index contributed by atoms with van der Waals surface area (Å²) in [4.78, 5) is 19.9. The first-order valence-corrected chi connectivity index (χ1v) is 16.5. The Morgan fingerprint density at radius 1 is 1.06 bits per heavy atom. The zero-order valence-electron chi connectivity index (χ0n) is 28.5. The van der Waals surface area contributed by atoms with Crippen LogP contribution >= 0.6 is 0 Å². The van der Waals surface area contributed by atoms with Gasteiger partial charge in [0.1, 0.15) is 5.82 Å². The van der Waals surface area contributed by atoms with Gasteiger partial charge in [-0.15, -0.1) is 13.2 Å². The van der Waals surface area contributed by atoms with Crippen molar-refractivity contribution < 1.29 is 19.4 Å². The zero-order chi connectivity index (χ0) is 33.8. The number of carboxylic acids is 1. The van der Waals surface area contributed by atoms with Crippen molar-refractivity contribution >= 4 is 17.4 Å². The van der Waals surface area contributed by atoms with Gasteiger partial charge in [0, 0.05) is 30.4 Å². The predicted molar refractivity (Wildman–Crippen MR) is 189 cm³/mol. The van der Waals surface area contributed by atoms with E-state index in [2.05, 4.69) is 73.5 Å². The van der Waals surface area contributed by atoms with E-state index in [1.165, 1.54) is 11.1 Å². The average molecular weight is 637 g/mol. The van der Waals surface area contributed by atoms with Gasteiger partial charge in [0.05, 0.1) is 29.1 Å². The molecule has 2 aromatic carbocycles. The second-order valence-electron chi connectivity index (χ2n) is 13.6. The van der Waals surface area contributed by atoms with Gasteiger partial charge >= 0.3 is 5.97 Å². The minimum Gasteiger partial charge on any atom is -0.479 e. The van der Waals surface area contributed by atoms with Crippen LogP contribution in [0, 0.1) is 6.92 Å². The molecular weight excluding hydrogens is 588 g/mol. The number of aryl methyl sites for hydroxylation is 2. The van der Waals surface area contributed by atoms with Crippen molar-refractivity contribution in [2.75, 3.05) is 24.6 Å². The lowest BCUT2D eigenvalue weighted by Gasteiger charge is -2.41. The first kappa shape index (κ1) is 34.1. The summed E-state index contributed by atoms with van der Waals surface area (Å²) in [5.41, 5.74) is 6.15. The molecule has 248 valence electrons. The van der Waals surface area contributed by atoms with Crippen LogP contribution in [0.3, 0.4) is 0 Å². The lowest BCUT2D eigenvalue weighted by atomic mass is 9.92. The van der Waals surface area contributed by atoms with Gasteiger partial charge in [0.15, 0.2) is 11.8 Å². The van der Waals surface area contributed by atoms with Crippen LogP contribution < -0.4 is 4.90 Å². The van der Waals surface area contributed by atoms with Gasteiger partial charge in [0.2, 0.25) is 0 Å². The van der Waals surface area contributed by atoms with Crippen LogP contribution in [-0.2, 0) is 20.7 Å². The summed E-state index contributed by atoms with van der Waals surface area (Å²) in [6, 6.07) is 19.0. The number of ether oxygens (including phenoxy) is 2. The van der Waals surface area contributed by atoms with Gasteiger partial charge in [-0.3, -0.25) is 0 Å². The van der Waals surface area contributed by atoms with E-state index in [4.69, 9.17) is 19.6 Å². The molecule has 0 radical (unpaired) electrons. The first-order chi connectivity index (χ1) is 22.4. The number of piperidine rings is 1. The topological polar surface area (TPSA) is 89.2 Å². The minimum atomic E-state index is -1.22. The van der Waals surface area contributed by atoms with Crippen LogP contribution in [0.1, 0.15) is 76.3 Å². The number of aliphatic carboxylic acids is 1. The Hall–Kier alpha value is -4.27. The monoisotopic (exact) mass is 636 g/mol. The number of carbonyl (C=O) groups is 1. The molecule has 1 saturated heterocycles. The van der Waals surface area contributed by atoms with Crippen LogP contribution in [0.5, 0.6) is 0 Å². The molecule has 3 heterocycles. The highest BCUT2D eigenvalue weighted by molar-refractivity contribution is 5.79. The molecule has 5 rings (SSSR count). The van der Waals surface area contributed by atoms with Gasteiger partial charge in [-0.1, -0.05) is 54.6 Å². The molecule has 1 aliphatic rings. The average Bonchev–Trinajstić information content (AvgIpc) is 3.46. The van der Waals surface area contributed by atoms with Crippen molar-refractivity contribution in [1.82, 2.24) is 14.6 Å². The Balaban J connectivity index is 1.61. The maximum atomic E-state index is 12.8. The fraction of sp³-hybridized carbons (Fsp3) is 0.410. The highest BCUT2D eigenvalue weighted by Crippen LogP contribution is 2.38. The molecule has 8 nitrogen and oxygen atoms in total. The second kappa shape index (κ2) is 14.2. The molecule has 0 spiro atoms. The molecule has 1 N–H and O–H groups in total. The molecule has 8 heteroatoms. The number of hydrogen-bond donors (Lipinski definition) is 1. The SMILES string of the molecule is C=CCCCc1ccccc1-c1cccc(-c2cc3nc(C)c(C(OC(C)(C)C)C(=O)O)c(N4CCC(C)(OCC=C)CC4)n3n2)c1. The zero-order valence-corrected chi connectivity index (χ0v) is 28.5. The number of carboxylic acid groups (broad SMARTS) is 1. The maximum absolute atomic E-state index is 12.8. The molecule has 0 saturated carbocycles. The van der Waals surface area contributed by atoms with Gasteiger partial charge in [0.25, 0.3) is 0 Å². The number of allylic oxidation sites excluding steroid dienone is 1. The smallest absolute Gasteiger partial charge is 0.337 e. The van der Waals surface area contributed by atoms with E-state index in [0.717, 1.165) is 48.9 Å². The molecule has 1 aliphatic heterocycles. The van der Waals surface area contributed by atoms with Crippen molar-refractivity contribution in [3.05, 3.63) is 96.7 Å². The summed E-state index contributed by atoms with van der Waals surface area (Å²) in [5, 5.41) is 15.6. The van der Waals surface area contributed by atoms with Crippen LogP contribution in [0.2, 0.25) is 0 Å². The fourth-order valence-corrected chi connectivity index (χ4v) is 6.35. The van der Waals surface area contributed by atoms with Crippen molar-refractivity contribution in [1.29, 1.82) is 0 Å². The normalized spacial score (nSPS) is 15.5. The van der Waals surface area contributed by atoms with Gasteiger partial charge in [-0.25, -0.2) is 9.78 Å². The van der Waals surface area contributed by atoms with E-state index in [9.17, 15) is 9.90 Å². The summed E-state index contributed by atoms with van der Waals surface area (Å²) in [5.74, 6) is -0.363. The molecule has 2 aromatic heterocycles. The summed E-state index contributed by atoms with van der Waals surface area (Å²) in [6.45, 7) is 19.1. The highest BCUT2D eigenvalue weighted by Gasteiger charge is 2.37. The Bertz CT molecular complexity index is 1740. The van der Waals surface area contributed by atoms with Gasteiger partial charge < -0.3 is 19.5 Å². The molecule has 0 amide bonds. The van der Waals surface area contributed by atoms with Crippen LogP contribution in [0.15, 0.2) is 79.9 Å². The third-order valence-electron chi connectivity index (χ3n) is 8.77. The number of aromatic nitrogens is 3. The Labute approximate surface area is 278 Å². The molecular formula is C39H48N4O4. The summed E-state index contributed by atoms with van der Waals surface area (Å²) < 4.78 is 14.1. The number of fused-ring (bicyclic) bond motifs is 1. The molecule has 0 aliphatic carbocycles. The van der Waals surface area contributed by atoms with Crippen molar-refractivity contribution in [3.63, 3.8) is 0 Å². The number of benzene rings is 2. The molecule has 4 aromatic rings. The number of hydrogen-bond acceptors (Lipinski definition) is 6. The quantitative estimate of drug-likeness (QED) is 0.116. The van der Waals surface area contributed by atoms with E-state index in [1.54, 1.807) is 6.08 Å². The maximum Gasteiger partial charge on any atom is 0.337 e. The van der Waals surface area contributed by atoms with Crippen LogP contribution in [-0.4, -0.2) is 56.6 Å². The Morgan fingerprint density at radius 3 is 2.47 bits per heavy atom. The van der Waals surface area contributed by atoms with E-state index in [-0.39, 0.29) is 5.60 Å². The fourth-order valence-electron chi connectivity index (χ4n) is 6.35. The summed E-state index contributed by atoms with van der Waals surface area (Å²) in [7, 11) is 0. The van der Waals surface area contributed by atoms with Crippen molar-refractivity contribution in [3.8, 4) is 22.4 Å². The number of rotatable bonds is 13. The predicted octanol–water partition coefficient (Wildman–Crippen LogP) is 8.38. The number of nitrogens with zero attached hydrogens (tertiary/aromatic N) is 4. The third kappa shape index (κ3) is 7.83. The first-order valence-electron chi connectivity index (χ1n) is 16.5. The molecule has 1 fully saturated rings. The largest absolute Gasteiger partial charge is 0.479 e. The van der Waals surface area contributed by atoms with Gasteiger partial charge in [-0.05, 0) is 89.5 Å². The van der Waals surface area contributed by atoms with E-state index in [0.29, 0.717) is 42.4 Å². The second-order valence-corrected chi connectivity index (χ2v) is 13.6. The van der Waals surface area contributed by atoms with Crippen LogP contribution in [0.25, 0.3) is 28.0 Å².